The van der Waals surface area contributed by atoms with Crippen LogP contribution in [-0.2, 0) is 13.1 Å². The highest BCUT2D eigenvalue weighted by atomic mass is 32.1. The minimum absolute atomic E-state index is 0.761. The second-order valence-electron chi connectivity index (χ2n) is 4.54. The Balaban J connectivity index is 1.58. The van der Waals surface area contributed by atoms with Gasteiger partial charge >= 0.3 is 0 Å². The van der Waals surface area contributed by atoms with Crippen molar-refractivity contribution in [3.63, 3.8) is 0 Å². The molecular formula is C15H16N4S. The summed E-state index contributed by atoms with van der Waals surface area (Å²) in [6.45, 7) is 3.62. The Bertz CT molecular complexity index is 672. The van der Waals surface area contributed by atoms with E-state index >= 15 is 0 Å². The topological polar surface area (TPSA) is 42.7 Å². The van der Waals surface area contributed by atoms with Gasteiger partial charge in [-0.05, 0) is 25.1 Å². The van der Waals surface area contributed by atoms with Crippen LogP contribution < -0.4 is 5.32 Å². The highest BCUT2D eigenvalue weighted by Crippen LogP contribution is 2.11. The fourth-order valence-electron chi connectivity index (χ4n) is 1.98. The summed E-state index contributed by atoms with van der Waals surface area (Å²) in [4.78, 5) is 5.50. The van der Waals surface area contributed by atoms with Crippen LogP contribution in [0.15, 0.2) is 48.8 Å². The maximum atomic E-state index is 4.56. The van der Waals surface area contributed by atoms with Crippen molar-refractivity contribution in [2.45, 2.75) is 20.0 Å². The first kappa shape index (κ1) is 13.0. The fraction of sp³-hybridized carbons (Fsp3) is 0.200. The first-order valence-corrected chi connectivity index (χ1v) is 7.35. The zero-order valence-electron chi connectivity index (χ0n) is 11.3. The molecule has 0 aliphatic rings. The average Bonchev–Trinajstić information content (AvgIpc) is 3.09. The van der Waals surface area contributed by atoms with Crippen molar-refractivity contribution in [1.82, 2.24) is 20.1 Å². The van der Waals surface area contributed by atoms with E-state index in [1.165, 1.54) is 4.88 Å². The molecule has 102 valence electrons. The van der Waals surface area contributed by atoms with Gasteiger partial charge in [0.25, 0.3) is 0 Å². The van der Waals surface area contributed by atoms with E-state index in [1.807, 2.05) is 60.4 Å². The molecule has 0 fully saturated rings. The molecular weight excluding hydrogens is 268 g/mol. The van der Waals surface area contributed by atoms with E-state index in [2.05, 4.69) is 15.4 Å². The highest BCUT2D eigenvalue weighted by Gasteiger charge is 2.02. The van der Waals surface area contributed by atoms with Crippen LogP contribution >= 0.6 is 11.3 Å². The summed E-state index contributed by atoms with van der Waals surface area (Å²) in [5, 5.41) is 9.06. The quantitative estimate of drug-likeness (QED) is 0.783. The largest absolute Gasteiger partial charge is 0.306 e. The Morgan fingerprint density at radius 3 is 2.75 bits per heavy atom. The predicted molar refractivity (Wildman–Crippen MR) is 81.0 cm³/mol. The number of nitrogens with one attached hydrogen (secondary N) is 1. The van der Waals surface area contributed by atoms with Gasteiger partial charge < -0.3 is 5.32 Å². The fourth-order valence-corrected chi connectivity index (χ4v) is 2.75. The summed E-state index contributed by atoms with van der Waals surface area (Å²) in [5.41, 5.74) is 2.12. The summed E-state index contributed by atoms with van der Waals surface area (Å²) in [7, 11) is 0. The van der Waals surface area contributed by atoms with Crippen LogP contribution in [0.4, 0.5) is 0 Å². The smallest absolute Gasteiger partial charge is 0.0897 e. The van der Waals surface area contributed by atoms with Gasteiger partial charge in [-0.25, -0.2) is 9.67 Å². The van der Waals surface area contributed by atoms with Crippen molar-refractivity contribution in [2.24, 2.45) is 0 Å². The summed E-state index contributed by atoms with van der Waals surface area (Å²) in [5.74, 6) is 0. The number of thiazole rings is 1. The van der Waals surface area contributed by atoms with E-state index in [-0.39, 0.29) is 0 Å². The van der Waals surface area contributed by atoms with Crippen molar-refractivity contribution in [2.75, 3.05) is 0 Å². The van der Waals surface area contributed by atoms with Crippen LogP contribution in [0.5, 0.6) is 0 Å². The molecule has 0 atom stereocenters. The molecule has 0 aliphatic heterocycles. The number of hydrogen-bond acceptors (Lipinski definition) is 4. The van der Waals surface area contributed by atoms with Gasteiger partial charge in [0.05, 0.1) is 16.4 Å². The van der Waals surface area contributed by atoms with Crippen LogP contribution in [0.1, 0.15) is 15.6 Å². The zero-order valence-corrected chi connectivity index (χ0v) is 12.1. The normalized spacial score (nSPS) is 10.8. The molecule has 0 aliphatic carbocycles. The summed E-state index contributed by atoms with van der Waals surface area (Å²) in [6.07, 6.45) is 3.92. The third-order valence-electron chi connectivity index (χ3n) is 2.94. The van der Waals surface area contributed by atoms with Crippen LogP contribution in [0, 0.1) is 6.92 Å². The molecule has 0 unspecified atom stereocenters. The minimum atomic E-state index is 0.761. The molecule has 1 aromatic carbocycles. The maximum absolute atomic E-state index is 4.56. The van der Waals surface area contributed by atoms with Crippen molar-refractivity contribution in [1.29, 1.82) is 0 Å². The molecule has 0 spiro atoms. The number of para-hydroxylation sites is 1. The third-order valence-corrected chi connectivity index (χ3v) is 3.85. The molecule has 0 radical (unpaired) electrons. The lowest BCUT2D eigenvalue weighted by molar-refractivity contribution is 0.675. The van der Waals surface area contributed by atoms with Crippen LogP contribution in [0.3, 0.4) is 0 Å². The molecule has 5 heteroatoms. The molecule has 0 saturated heterocycles. The molecule has 0 saturated carbocycles. The lowest BCUT2D eigenvalue weighted by Crippen LogP contribution is -2.12. The first-order valence-electron chi connectivity index (χ1n) is 6.53. The lowest BCUT2D eigenvalue weighted by Gasteiger charge is -2.01. The van der Waals surface area contributed by atoms with Gasteiger partial charge in [-0.2, -0.15) is 5.10 Å². The molecule has 3 aromatic rings. The molecule has 0 amide bonds. The van der Waals surface area contributed by atoms with E-state index in [0.717, 1.165) is 29.5 Å². The predicted octanol–water partition coefficient (Wildman–Crippen LogP) is 2.93. The maximum Gasteiger partial charge on any atom is 0.0897 e. The highest BCUT2D eigenvalue weighted by molar-refractivity contribution is 7.11. The second kappa shape index (κ2) is 5.98. The van der Waals surface area contributed by atoms with Crippen LogP contribution in [0.2, 0.25) is 0 Å². The molecule has 2 aromatic heterocycles. The molecule has 3 rings (SSSR count). The Morgan fingerprint density at radius 2 is 2.00 bits per heavy atom. The summed E-state index contributed by atoms with van der Waals surface area (Å²) < 4.78 is 1.90. The average molecular weight is 284 g/mol. The molecule has 4 nitrogen and oxygen atoms in total. The number of aryl methyl sites for hydroxylation is 1. The van der Waals surface area contributed by atoms with E-state index < -0.39 is 0 Å². The first-order chi connectivity index (χ1) is 9.81. The van der Waals surface area contributed by atoms with Crippen molar-refractivity contribution < 1.29 is 0 Å². The Labute approximate surface area is 122 Å². The Kier molecular flexibility index (Phi) is 3.90. The van der Waals surface area contributed by atoms with Crippen molar-refractivity contribution in [3.8, 4) is 5.69 Å². The van der Waals surface area contributed by atoms with Gasteiger partial charge in [-0.15, -0.1) is 11.3 Å². The zero-order chi connectivity index (χ0) is 13.8. The standard InChI is InChI=1S/C15H16N4S/c1-12-17-11-15(20-12)10-16-9-13-7-8-19(18-13)14-5-3-2-4-6-14/h2-8,11,16H,9-10H2,1H3. The Morgan fingerprint density at radius 1 is 1.15 bits per heavy atom. The summed E-state index contributed by atoms with van der Waals surface area (Å²) in [6, 6.07) is 12.2. The van der Waals surface area contributed by atoms with E-state index in [4.69, 9.17) is 0 Å². The van der Waals surface area contributed by atoms with Crippen LogP contribution in [-0.4, -0.2) is 14.8 Å². The number of hydrogen-bond donors (Lipinski definition) is 1. The van der Waals surface area contributed by atoms with Crippen LogP contribution in [0.25, 0.3) is 5.69 Å². The van der Waals surface area contributed by atoms with E-state index in [0.29, 0.717) is 0 Å². The van der Waals surface area contributed by atoms with E-state index in [9.17, 15) is 0 Å². The Hall–Kier alpha value is -1.98. The number of nitrogens with zero attached hydrogens (tertiary/aromatic N) is 3. The van der Waals surface area contributed by atoms with Crippen molar-refractivity contribution in [3.05, 3.63) is 64.4 Å². The summed E-state index contributed by atoms with van der Waals surface area (Å²) >= 11 is 1.73. The number of benzene rings is 1. The van der Waals surface area contributed by atoms with Gasteiger partial charge in [0, 0.05) is 30.4 Å². The second-order valence-corrected chi connectivity index (χ2v) is 5.86. The van der Waals surface area contributed by atoms with E-state index in [1.54, 1.807) is 11.3 Å². The van der Waals surface area contributed by atoms with Crippen molar-refractivity contribution >= 4 is 11.3 Å². The molecule has 0 bridgehead atoms. The van der Waals surface area contributed by atoms with Gasteiger partial charge in [0.15, 0.2) is 0 Å². The SMILES string of the molecule is Cc1ncc(CNCc2ccn(-c3ccccc3)n2)s1. The molecule has 1 N–H and O–H groups in total. The lowest BCUT2D eigenvalue weighted by atomic mass is 10.3. The molecule has 2 heterocycles. The van der Waals surface area contributed by atoms with Gasteiger partial charge in [0.1, 0.15) is 0 Å². The number of rotatable bonds is 5. The number of aromatic nitrogens is 3. The van der Waals surface area contributed by atoms with Gasteiger partial charge in [-0.3, -0.25) is 0 Å². The van der Waals surface area contributed by atoms with Gasteiger partial charge in [-0.1, -0.05) is 18.2 Å². The third kappa shape index (κ3) is 3.12. The minimum Gasteiger partial charge on any atom is -0.306 e. The monoisotopic (exact) mass is 284 g/mol. The van der Waals surface area contributed by atoms with Gasteiger partial charge in [0.2, 0.25) is 0 Å². The molecule has 20 heavy (non-hydrogen) atoms.